The summed E-state index contributed by atoms with van der Waals surface area (Å²) in [4.78, 5) is 22.1. The minimum Gasteiger partial charge on any atom is -0.441 e. The number of benzene rings is 1. The van der Waals surface area contributed by atoms with E-state index in [0.717, 1.165) is 55.4 Å². The summed E-state index contributed by atoms with van der Waals surface area (Å²) in [6.45, 7) is 3.49. The zero-order valence-corrected chi connectivity index (χ0v) is 14.4. The molecular weight excluding hydrogens is 314 g/mol. The molecule has 2 aromatic rings. The maximum absolute atomic E-state index is 13.1. The van der Waals surface area contributed by atoms with Crippen molar-refractivity contribution in [3.8, 4) is 11.5 Å². The Morgan fingerprint density at radius 1 is 1.12 bits per heavy atom. The number of nitrogens with zero attached hydrogens (tertiary/aromatic N) is 3. The molecule has 3 saturated heterocycles. The highest BCUT2D eigenvalue weighted by Gasteiger charge is 2.40. The number of amides is 1. The van der Waals surface area contributed by atoms with Crippen LogP contribution >= 0.6 is 0 Å². The molecule has 0 spiro atoms. The maximum Gasteiger partial charge on any atom is 0.240 e. The van der Waals surface area contributed by atoms with Gasteiger partial charge in [-0.2, -0.15) is 0 Å². The average Bonchev–Trinajstić information content (AvgIpc) is 3.12. The fourth-order valence-electron chi connectivity index (χ4n) is 4.52. The molecule has 5 heteroatoms. The van der Waals surface area contributed by atoms with E-state index in [0.29, 0.717) is 18.3 Å². The third-order valence-corrected chi connectivity index (χ3v) is 5.99. The van der Waals surface area contributed by atoms with Crippen LogP contribution in [-0.4, -0.2) is 46.4 Å². The van der Waals surface area contributed by atoms with E-state index in [1.165, 1.54) is 12.8 Å². The number of fused-ring (bicyclic) bond motifs is 4. The molecule has 0 N–H and O–H groups in total. The van der Waals surface area contributed by atoms with E-state index >= 15 is 0 Å². The van der Waals surface area contributed by atoms with Gasteiger partial charge in [0.05, 0.1) is 12.6 Å². The maximum atomic E-state index is 13.1. The fraction of sp³-hybridized carbons (Fsp3) is 0.500. The van der Waals surface area contributed by atoms with Gasteiger partial charge in [-0.1, -0.05) is 18.2 Å². The van der Waals surface area contributed by atoms with Gasteiger partial charge in [0.2, 0.25) is 11.8 Å². The quantitative estimate of drug-likeness (QED) is 0.845. The molecule has 1 atom stereocenters. The van der Waals surface area contributed by atoms with Gasteiger partial charge in [0.1, 0.15) is 11.5 Å². The number of carbonyl (C=O) groups is 1. The monoisotopic (exact) mass is 337 g/mol. The SMILES string of the molecule is O=C(C1CC2CCN1CC2)N1CCc2oc(-c3ccccc3)nc2C1. The van der Waals surface area contributed by atoms with Gasteiger partial charge >= 0.3 is 0 Å². The standard InChI is InChI=1S/C20H23N3O2/c24-20(17-12-14-6-9-22(17)10-7-14)23-11-8-18-16(13-23)21-19(25-18)15-4-2-1-3-5-15/h1-5,14,17H,6-13H2. The lowest BCUT2D eigenvalue weighted by Gasteiger charge is -2.46. The summed E-state index contributed by atoms with van der Waals surface area (Å²) in [5, 5.41) is 0. The second-order valence-electron chi connectivity index (χ2n) is 7.50. The van der Waals surface area contributed by atoms with Crippen molar-refractivity contribution in [1.29, 1.82) is 0 Å². The summed E-state index contributed by atoms with van der Waals surface area (Å²) in [5.41, 5.74) is 1.92. The van der Waals surface area contributed by atoms with Gasteiger partial charge in [-0.05, 0) is 50.4 Å². The van der Waals surface area contributed by atoms with Gasteiger partial charge in [0.15, 0.2) is 0 Å². The van der Waals surface area contributed by atoms with E-state index in [-0.39, 0.29) is 6.04 Å². The Morgan fingerprint density at radius 2 is 1.92 bits per heavy atom. The molecule has 0 aliphatic carbocycles. The van der Waals surface area contributed by atoms with Gasteiger partial charge in [-0.15, -0.1) is 0 Å². The first kappa shape index (κ1) is 15.1. The molecule has 1 aromatic heterocycles. The Morgan fingerprint density at radius 3 is 2.64 bits per heavy atom. The summed E-state index contributed by atoms with van der Waals surface area (Å²) in [6.07, 6.45) is 4.32. The minimum absolute atomic E-state index is 0.0922. The molecule has 6 rings (SSSR count). The lowest BCUT2D eigenvalue weighted by molar-refractivity contribution is -0.142. The first-order chi connectivity index (χ1) is 12.3. The molecule has 0 saturated carbocycles. The molecule has 25 heavy (non-hydrogen) atoms. The van der Waals surface area contributed by atoms with Crippen LogP contribution in [0.1, 0.15) is 30.7 Å². The van der Waals surface area contributed by atoms with Crippen LogP contribution in [0.25, 0.3) is 11.5 Å². The molecule has 1 unspecified atom stereocenters. The van der Waals surface area contributed by atoms with Crippen LogP contribution in [0.4, 0.5) is 0 Å². The third kappa shape index (κ3) is 2.67. The third-order valence-electron chi connectivity index (χ3n) is 5.99. The van der Waals surface area contributed by atoms with Crippen molar-refractivity contribution in [2.24, 2.45) is 5.92 Å². The largest absolute Gasteiger partial charge is 0.441 e. The zero-order valence-electron chi connectivity index (χ0n) is 14.4. The van der Waals surface area contributed by atoms with Gasteiger partial charge in [-0.3, -0.25) is 9.69 Å². The molecule has 4 aliphatic rings. The van der Waals surface area contributed by atoms with Crippen molar-refractivity contribution in [1.82, 2.24) is 14.8 Å². The molecule has 1 aromatic carbocycles. The fourth-order valence-corrected chi connectivity index (χ4v) is 4.52. The van der Waals surface area contributed by atoms with E-state index in [2.05, 4.69) is 9.88 Å². The van der Waals surface area contributed by atoms with Crippen LogP contribution in [0.3, 0.4) is 0 Å². The summed E-state index contributed by atoms with van der Waals surface area (Å²) >= 11 is 0. The first-order valence-electron chi connectivity index (χ1n) is 9.35. The van der Waals surface area contributed by atoms with Crippen LogP contribution < -0.4 is 0 Å². The molecule has 3 fully saturated rings. The van der Waals surface area contributed by atoms with Crippen molar-refractivity contribution in [3.63, 3.8) is 0 Å². The van der Waals surface area contributed by atoms with Crippen LogP contribution in [0.2, 0.25) is 0 Å². The van der Waals surface area contributed by atoms with Crippen LogP contribution in [0, 0.1) is 5.92 Å². The smallest absolute Gasteiger partial charge is 0.240 e. The van der Waals surface area contributed by atoms with Crippen LogP contribution in [0.5, 0.6) is 0 Å². The lowest BCUT2D eigenvalue weighted by Crippen LogP contribution is -2.56. The summed E-state index contributed by atoms with van der Waals surface area (Å²) in [7, 11) is 0. The highest BCUT2D eigenvalue weighted by atomic mass is 16.4. The lowest BCUT2D eigenvalue weighted by atomic mass is 9.82. The molecule has 0 radical (unpaired) electrons. The molecule has 5 nitrogen and oxygen atoms in total. The summed E-state index contributed by atoms with van der Waals surface area (Å²) in [6, 6.07) is 10.1. The summed E-state index contributed by atoms with van der Waals surface area (Å²) < 4.78 is 5.96. The number of hydrogen-bond donors (Lipinski definition) is 0. The Bertz CT molecular complexity index is 777. The molecule has 4 aliphatic heterocycles. The Balaban J connectivity index is 1.34. The van der Waals surface area contributed by atoms with Crippen molar-refractivity contribution in [3.05, 3.63) is 41.8 Å². The Hall–Kier alpha value is -2.14. The molecular formula is C20H23N3O2. The van der Waals surface area contributed by atoms with Gasteiger partial charge in [0, 0.05) is 18.5 Å². The van der Waals surface area contributed by atoms with Crippen LogP contribution in [-0.2, 0) is 17.8 Å². The van der Waals surface area contributed by atoms with Crippen molar-refractivity contribution in [2.45, 2.75) is 38.3 Å². The van der Waals surface area contributed by atoms with E-state index in [1.807, 2.05) is 35.2 Å². The number of rotatable bonds is 2. The Kier molecular flexibility index (Phi) is 3.63. The number of aromatic nitrogens is 1. The van der Waals surface area contributed by atoms with Gasteiger partial charge in [0.25, 0.3) is 0 Å². The average molecular weight is 337 g/mol. The van der Waals surface area contributed by atoms with Crippen molar-refractivity contribution < 1.29 is 9.21 Å². The van der Waals surface area contributed by atoms with Crippen molar-refractivity contribution in [2.75, 3.05) is 19.6 Å². The molecule has 130 valence electrons. The van der Waals surface area contributed by atoms with Gasteiger partial charge < -0.3 is 9.32 Å². The predicted octanol–water partition coefficient (Wildman–Crippen LogP) is 2.71. The number of piperidine rings is 3. The number of carbonyl (C=O) groups excluding carboxylic acids is 1. The summed E-state index contributed by atoms with van der Waals surface area (Å²) in [5.74, 6) is 2.64. The zero-order chi connectivity index (χ0) is 16.8. The second kappa shape index (κ2) is 5.99. The number of oxazole rings is 1. The topological polar surface area (TPSA) is 49.6 Å². The van der Waals surface area contributed by atoms with E-state index in [1.54, 1.807) is 0 Å². The van der Waals surface area contributed by atoms with Gasteiger partial charge in [-0.25, -0.2) is 4.98 Å². The van der Waals surface area contributed by atoms with Crippen molar-refractivity contribution >= 4 is 5.91 Å². The minimum atomic E-state index is 0.0922. The second-order valence-corrected chi connectivity index (χ2v) is 7.50. The van der Waals surface area contributed by atoms with E-state index < -0.39 is 0 Å². The molecule has 5 heterocycles. The normalized spacial score (nSPS) is 28.0. The first-order valence-corrected chi connectivity index (χ1v) is 9.35. The predicted molar refractivity (Wildman–Crippen MR) is 93.8 cm³/mol. The molecule has 1 amide bonds. The highest BCUT2D eigenvalue weighted by molar-refractivity contribution is 5.82. The molecule has 2 bridgehead atoms. The number of hydrogen-bond acceptors (Lipinski definition) is 4. The Labute approximate surface area is 147 Å². The van der Waals surface area contributed by atoms with E-state index in [4.69, 9.17) is 4.42 Å². The highest BCUT2D eigenvalue weighted by Crippen LogP contribution is 2.34. The van der Waals surface area contributed by atoms with E-state index in [9.17, 15) is 4.79 Å². The van der Waals surface area contributed by atoms with Crippen LogP contribution in [0.15, 0.2) is 34.7 Å².